The van der Waals surface area contributed by atoms with Crippen LogP contribution < -0.4 is 9.47 Å². The Labute approximate surface area is 162 Å². The van der Waals surface area contributed by atoms with Crippen molar-refractivity contribution in [1.29, 1.82) is 0 Å². The second-order valence-electron chi connectivity index (χ2n) is 6.69. The molecule has 3 aromatic rings. The molecule has 0 fully saturated rings. The number of nitrogens with zero attached hydrogens (tertiary/aromatic N) is 3. The van der Waals surface area contributed by atoms with Crippen LogP contribution in [-0.2, 0) is 0 Å². The highest BCUT2D eigenvalue weighted by molar-refractivity contribution is 5.84. The number of rotatable bonds is 4. The van der Waals surface area contributed by atoms with Gasteiger partial charge in [0.05, 0.1) is 16.3 Å². The van der Waals surface area contributed by atoms with Crippen LogP contribution in [0.1, 0.15) is 22.5 Å². The summed E-state index contributed by atoms with van der Waals surface area (Å²) in [5.41, 5.74) is 5.15. The summed E-state index contributed by atoms with van der Waals surface area (Å²) in [5.74, 6) is 1.41. The third-order valence-electron chi connectivity index (χ3n) is 4.83. The average Bonchev–Trinajstić information content (AvgIpc) is 3.24. The van der Waals surface area contributed by atoms with Crippen LogP contribution in [0.15, 0.2) is 47.5 Å². The number of hydrogen-bond acceptors (Lipinski definition) is 5. The second kappa shape index (κ2) is 6.84. The molecule has 0 unspecified atom stereocenters. The fourth-order valence-corrected chi connectivity index (χ4v) is 3.36. The van der Waals surface area contributed by atoms with E-state index >= 15 is 0 Å². The molecule has 0 bridgehead atoms. The molecule has 0 aliphatic carbocycles. The first-order chi connectivity index (χ1) is 13.4. The smallest absolute Gasteiger partial charge is 0.274 e. The molecule has 0 radical (unpaired) electrons. The van der Waals surface area contributed by atoms with E-state index in [1.807, 2.05) is 48.7 Å². The standard InChI is InChI=1S/C21H19N3O4/c1-13-4-6-18(10-19(13)24(25)26)23-14(2)8-16(15(23)3)11-22-17-5-7-20-21(9-17)28-12-27-20/h4-11H,12H2,1-3H3. The maximum atomic E-state index is 11.3. The summed E-state index contributed by atoms with van der Waals surface area (Å²) in [6, 6.07) is 12.8. The van der Waals surface area contributed by atoms with Gasteiger partial charge in [0, 0.05) is 40.9 Å². The highest BCUT2D eigenvalue weighted by Crippen LogP contribution is 2.35. The van der Waals surface area contributed by atoms with E-state index in [9.17, 15) is 10.1 Å². The molecule has 0 spiro atoms. The van der Waals surface area contributed by atoms with E-state index in [4.69, 9.17) is 9.47 Å². The molecule has 7 nitrogen and oxygen atoms in total. The monoisotopic (exact) mass is 377 g/mol. The first kappa shape index (κ1) is 17.8. The van der Waals surface area contributed by atoms with Crippen LogP contribution in [0, 0.1) is 30.9 Å². The Hall–Kier alpha value is -3.61. The molecular weight excluding hydrogens is 358 g/mol. The Balaban J connectivity index is 1.68. The summed E-state index contributed by atoms with van der Waals surface area (Å²) in [6.07, 6.45) is 1.79. The van der Waals surface area contributed by atoms with Gasteiger partial charge in [0.2, 0.25) is 6.79 Å². The van der Waals surface area contributed by atoms with Crippen molar-refractivity contribution in [2.45, 2.75) is 20.8 Å². The van der Waals surface area contributed by atoms with Crippen molar-refractivity contribution in [2.75, 3.05) is 6.79 Å². The van der Waals surface area contributed by atoms with Crippen molar-refractivity contribution >= 4 is 17.6 Å². The molecule has 1 aliphatic rings. The van der Waals surface area contributed by atoms with Crippen molar-refractivity contribution in [3.05, 3.63) is 75.1 Å². The van der Waals surface area contributed by atoms with Crippen molar-refractivity contribution in [1.82, 2.24) is 4.57 Å². The molecule has 2 aromatic carbocycles. The third-order valence-corrected chi connectivity index (χ3v) is 4.83. The summed E-state index contributed by atoms with van der Waals surface area (Å²) in [5, 5.41) is 11.3. The first-order valence-corrected chi connectivity index (χ1v) is 8.82. The number of nitro benzene ring substituents is 1. The molecule has 0 saturated carbocycles. The van der Waals surface area contributed by atoms with E-state index in [-0.39, 0.29) is 17.4 Å². The van der Waals surface area contributed by atoms with E-state index in [2.05, 4.69) is 4.99 Å². The minimum absolute atomic E-state index is 0.112. The highest BCUT2D eigenvalue weighted by Gasteiger charge is 2.16. The number of aryl methyl sites for hydroxylation is 2. The lowest BCUT2D eigenvalue weighted by atomic mass is 10.2. The van der Waals surface area contributed by atoms with E-state index in [0.29, 0.717) is 11.3 Å². The fraction of sp³-hybridized carbons (Fsp3) is 0.190. The molecule has 0 N–H and O–H groups in total. The molecule has 0 saturated heterocycles. The van der Waals surface area contributed by atoms with Gasteiger partial charge in [-0.2, -0.15) is 0 Å². The molecule has 1 aromatic heterocycles. The van der Waals surface area contributed by atoms with Gasteiger partial charge < -0.3 is 14.0 Å². The van der Waals surface area contributed by atoms with Gasteiger partial charge in [-0.25, -0.2) is 0 Å². The lowest BCUT2D eigenvalue weighted by Crippen LogP contribution is -2.01. The predicted molar refractivity (Wildman–Crippen MR) is 106 cm³/mol. The Morgan fingerprint density at radius 2 is 1.86 bits per heavy atom. The molecule has 1 aliphatic heterocycles. The lowest BCUT2D eigenvalue weighted by Gasteiger charge is -2.10. The number of hydrogen-bond donors (Lipinski definition) is 0. The van der Waals surface area contributed by atoms with Crippen LogP contribution in [0.2, 0.25) is 0 Å². The number of benzene rings is 2. The number of nitro groups is 1. The molecule has 7 heteroatoms. The SMILES string of the molecule is Cc1ccc(-n2c(C)cc(C=Nc3ccc4c(c3)OCO4)c2C)cc1[N+](=O)[O-]. The van der Waals surface area contributed by atoms with Crippen molar-refractivity contribution in [3.63, 3.8) is 0 Å². The zero-order valence-corrected chi connectivity index (χ0v) is 15.8. The summed E-state index contributed by atoms with van der Waals surface area (Å²) in [4.78, 5) is 15.5. The minimum Gasteiger partial charge on any atom is -0.454 e. The van der Waals surface area contributed by atoms with E-state index in [1.165, 1.54) is 0 Å². The zero-order valence-electron chi connectivity index (χ0n) is 15.8. The zero-order chi connectivity index (χ0) is 19.8. The summed E-state index contributed by atoms with van der Waals surface area (Å²) >= 11 is 0. The van der Waals surface area contributed by atoms with Gasteiger partial charge in [-0.1, -0.05) is 6.07 Å². The van der Waals surface area contributed by atoms with Crippen molar-refractivity contribution < 1.29 is 14.4 Å². The second-order valence-corrected chi connectivity index (χ2v) is 6.69. The Bertz CT molecular complexity index is 1120. The Morgan fingerprint density at radius 1 is 1.07 bits per heavy atom. The van der Waals surface area contributed by atoms with Gasteiger partial charge >= 0.3 is 0 Å². The summed E-state index contributed by atoms with van der Waals surface area (Å²) in [6.45, 7) is 5.91. The quantitative estimate of drug-likeness (QED) is 0.372. The first-order valence-electron chi connectivity index (χ1n) is 8.82. The van der Waals surface area contributed by atoms with E-state index in [0.717, 1.165) is 34.1 Å². The van der Waals surface area contributed by atoms with Crippen molar-refractivity contribution in [3.8, 4) is 17.2 Å². The van der Waals surface area contributed by atoms with Gasteiger partial charge in [-0.05, 0) is 45.0 Å². The van der Waals surface area contributed by atoms with Gasteiger partial charge in [0.25, 0.3) is 5.69 Å². The van der Waals surface area contributed by atoms with Crippen LogP contribution in [0.4, 0.5) is 11.4 Å². The molecule has 142 valence electrons. The van der Waals surface area contributed by atoms with Crippen LogP contribution in [0.5, 0.6) is 11.5 Å². The fourth-order valence-electron chi connectivity index (χ4n) is 3.36. The van der Waals surface area contributed by atoms with E-state index in [1.54, 1.807) is 25.3 Å². The Kier molecular flexibility index (Phi) is 4.35. The van der Waals surface area contributed by atoms with Crippen LogP contribution >= 0.6 is 0 Å². The molecular formula is C21H19N3O4. The lowest BCUT2D eigenvalue weighted by molar-refractivity contribution is -0.385. The van der Waals surface area contributed by atoms with Gasteiger partial charge in [-0.15, -0.1) is 0 Å². The summed E-state index contributed by atoms with van der Waals surface area (Å²) < 4.78 is 12.7. The summed E-state index contributed by atoms with van der Waals surface area (Å²) in [7, 11) is 0. The van der Waals surface area contributed by atoms with Gasteiger partial charge in [0.15, 0.2) is 11.5 Å². The molecule has 28 heavy (non-hydrogen) atoms. The van der Waals surface area contributed by atoms with Crippen LogP contribution in [0.3, 0.4) is 0 Å². The number of aliphatic imine (C=N–C) groups is 1. The normalized spacial score (nSPS) is 12.7. The van der Waals surface area contributed by atoms with Crippen LogP contribution in [-0.4, -0.2) is 22.5 Å². The maximum Gasteiger partial charge on any atom is 0.274 e. The van der Waals surface area contributed by atoms with Crippen LogP contribution in [0.25, 0.3) is 5.69 Å². The van der Waals surface area contributed by atoms with Gasteiger partial charge in [0.1, 0.15) is 0 Å². The average molecular weight is 377 g/mol. The largest absolute Gasteiger partial charge is 0.454 e. The molecule has 4 rings (SSSR count). The molecule has 2 heterocycles. The topological polar surface area (TPSA) is 78.9 Å². The maximum absolute atomic E-state index is 11.3. The molecule has 0 amide bonds. The predicted octanol–water partition coefficient (Wildman–Crippen LogP) is 4.79. The molecule has 0 atom stereocenters. The van der Waals surface area contributed by atoms with Crippen molar-refractivity contribution in [2.24, 2.45) is 4.99 Å². The highest BCUT2D eigenvalue weighted by atomic mass is 16.7. The number of aromatic nitrogens is 1. The third kappa shape index (κ3) is 3.11. The number of ether oxygens (including phenoxy) is 2. The Morgan fingerprint density at radius 3 is 2.64 bits per heavy atom. The van der Waals surface area contributed by atoms with Gasteiger partial charge in [-0.3, -0.25) is 15.1 Å². The van der Waals surface area contributed by atoms with E-state index < -0.39 is 0 Å². The number of fused-ring (bicyclic) bond motifs is 1. The minimum atomic E-state index is -0.352.